The summed E-state index contributed by atoms with van der Waals surface area (Å²) < 4.78 is 0. The van der Waals surface area contributed by atoms with Crippen molar-refractivity contribution in [2.45, 2.75) is 25.7 Å². The van der Waals surface area contributed by atoms with Gasteiger partial charge in [0.25, 0.3) is 0 Å². The lowest BCUT2D eigenvalue weighted by Gasteiger charge is -2.33. The second-order valence-corrected chi connectivity index (χ2v) is 7.58. The number of carbonyl (C=O) groups is 2. The highest BCUT2D eigenvalue weighted by Crippen LogP contribution is 2.35. The lowest BCUT2D eigenvalue weighted by atomic mass is 9.84. The molecule has 2 aromatic rings. The van der Waals surface area contributed by atoms with Crippen LogP contribution in [0.25, 0.3) is 0 Å². The third kappa shape index (κ3) is 3.04. The van der Waals surface area contributed by atoms with Crippen molar-refractivity contribution >= 4 is 29.5 Å². The molecule has 0 unspecified atom stereocenters. The number of carbonyl (C=O) groups excluding carboxylic acids is 2. The molecule has 3 heterocycles. The molecule has 0 radical (unpaired) electrons. The van der Waals surface area contributed by atoms with E-state index in [1.54, 1.807) is 16.2 Å². The van der Waals surface area contributed by atoms with Crippen molar-refractivity contribution in [1.29, 1.82) is 0 Å². The van der Waals surface area contributed by atoms with Crippen molar-refractivity contribution in [3.63, 3.8) is 0 Å². The summed E-state index contributed by atoms with van der Waals surface area (Å²) in [5, 5.41) is 2.05. The molecular weight excluding hydrogens is 336 g/mol. The monoisotopic (exact) mass is 356 g/mol. The van der Waals surface area contributed by atoms with Gasteiger partial charge >= 0.3 is 0 Å². The molecule has 1 amide bonds. The Morgan fingerprint density at radius 3 is 2.68 bits per heavy atom. The quantitative estimate of drug-likeness (QED) is 0.788. The van der Waals surface area contributed by atoms with E-state index < -0.39 is 0 Å². The van der Waals surface area contributed by atoms with Gasteiger partial charge in [-0.05, 0) is 24.8 Å². The van der Waals surface area contributed by atoms with E-state index in [-0.39, 0.29) is 11.7 Å². The molecule has 1 atom stereocenters. The molecule has 6 nitrogen and oxygen atoms in total. The molecule has 1 saturated heterocycles. The SMILES string of the molecule is Cc1nc(N2CCN(C=O)CC2)nc2c1C(=O)C[C@H](c1cccs1)C2. The average molecular weight is 356 g/mol. The second-order valence-electron chi connectivity index (χ2n) is 6.60. The van der Waals surface area contributed by atoms with Gasteiger partial charge in [0.15, 0.2) is 5.78 Å². The first kappa shape index (κ1) is 16.2. The molecule has 0 bridgehead atoms. The van der Waals surface area contributed by atoms with Gasteiger partial charge in [-0.25, -0.2) is 9.97 Å². The molecule has 0 aromatic carbocycles. The zero-order chi connectivity index (χ0) is 17.4. The van der Waals surface area contributed by atoms with E-state index >= 15 is 0 Å². The second kappa shape index (κ2) is 6.55. The highest BCUT2D eigenvalue weighted by molar-refractivity contribution is 7.10. The minimum atomic E-state index is 0.148. The fourth-order valence-corrected chi connectivity index (χ4v) is 4.48. The molecule has 1 fully saturated rings. The van der Waals surface area contributed by atoms with Crippen LogP contribution in [0.3, 0.4) is 0 Å². The number of hydrogen-bond donors (Lipinski definition) is 0. The highest BCUT2D eigenvalue weighted by Gasteiger charge is 2.31. The number of fused-ring (bicyclic) bond motifs is 1. The molecule has 7 heteroatoms. The summed E-state index contributed by atoms with van der Waals surface area (Å²) in [4.78, 5) is 38.0. The Bertz CT molecular complexity index is 798. The number of nitrogens with zero attached hydrogens (tertiary/aromatic N) is 4. The van der Waals surface area contributed by atoms with Crippen molar-refractivity contribution in [2.24, 2.45) is 0 Å². The zero-order valence-electron chi connectivity index (χ0n) is 14.1. The fraction of sp³-hybridized carbons (Fsp3) is 0.444. The van der Waals surface area contributed by atoms with Crippen LogP contribution in [0.4, 0.5) is 5.95 Å². The molecule has 1 aliphatic carbocycles. The maximum Gasteiger partial charge on any atom is 0.225 e. The van der Waals surface area contributed by atoms with Crippen LogP contribution in [0.2, 0.25) is 0 Å². The van der Waals surface area contributed by atoms with Gasteiger partial charge in [-0.2, -0.15) is 0 Å². The van der Waals surface area contributed by atoms with Crippen molar-refractivity contribution in [3.05, 3.63) is 39.3 Å². The largest absolute Gasteiger partial charge is 0.342 e. The van der Waals surface area contributed by atoms with Gasteiger partial charge in [0.1, 0.15) is 0 Å². The van der Waals surface area contributed by atoms with Gasteiger partial charge in [0.05, 0.1) is 17.0 Å². The van der Waals surface area contributed by atoms with E-state index in [9.17, 15) is 9.59 Å². The lowest BCUT2D eigenvalue weighted by Crippen LogP contribution is -2.46. The summed E-state index contributed by atoms with van der Waals surface area (Å²) in [5.41, 5.74) is 2.35. The van der Waals surface area contributed by atoms with Crippen LogP contribution in [0, 0.1) is 6.92 Å². The number of thiophene rings is 1. The first-order valence-corrected chi connectivity index (χ1v) is 9.42. The number of Topliss-reactive ketones (excluding diaryl/α,β-unsaturated/α-hetero) is 1. The Hall–Kier alpha value is -2.28. The number of hydrogen-bond acceptors (Lipinski definition) is 6. The Balaban J connectivity index is 1.63. The molecule has 130 valence electrons. The molecule has 0 spiro atoms. The summed E-state index contributed by atoms with van der Waals surface area (Å²) in [6.07, 6.45) is 2.21. The Morgan fingerprint density at radius 1 is 1.20 bits per heavy atom. The Kier molecular flexibility index (Phi) is 4.25. The van der Waals surface area contributed by atoms with E-state index in [1.165, 1.54) is 4.88 Å². The standard InChI is InChI=1S/C18H20N4O2S/c1-12-17-14(9-13(10-15(17)24)16-3-2-8-25-16)20-18(19-12)22-6-4-21(11-23)5-7-22/h2-3,8,11,13H,4-7,9-10H2,1H3/t13-/m1/s1. The third-order valence-electron chi connectivity index (χ3n) is 5.00. The minimum absolute atomic E-state index is 0.148. The predicted molar refractivity (Wildman–Crippen MR) is 96.3 cm³/mol. The van der Waals surface area contributed by atoms with Crippen molar-refractivity contribution in [2.75, 3.05) is 31.1 Å². The van der Waals surface area contributed by atoms with E-state index in [2.05, 4.69) is 21.3 Å². The van der Waals surface area contributed by atoms with E-state index in [0.717, 1.165) is 37.3 Å². The lowest BCUT2D eigenvalue weighted by molar-refractivity contribution is -0.118. The van der Waals surface area contributed by atoms with Crippen molar-refractivity contribution in [3.8, 4) is 0 Å². The van der Waals surface area contributed by atoms with E-state index in [0.29, 0.717) is 31.0 Å². The van der Waals surface area contributed by atoms with Crippen LogP contribution in [0.15, 0.2) is 17.5 Å². The predicted octanol–water partition coefficient (Wildman–Crippen LogP) is 2.04. The zero-order valence-corrected chi connectivity index (χ0v) is 15.0. The van der Waals surface area contributed by atoms with E-state index in [1.807, 2.05) is 13.0 Å². The van der Waals surface area contributed by atoms with Crippen LogP contribution in [-0.4, -0.2) is 53.2 Å². The van der Waals surface area contributed by atoms with Crippen LogP contribution < -0.4 is 4.90 Å². The molecule has 2 aliphatic rings. The topological polar surface area (TPSA) is 66.4 Å². The smallest absolute Gasteiger partial charge is 0.225 e. The maximum absolute atomic E-state index is 12.6. The number of ketones is 1. The number of rotatable bonds is 3. The molecule has 25 heavy (non-hydrogen) atoms. The Labute approximate surface area is 150 Å². The summed E-state index contributed by atoms with van der Waals surface area (Å²) in [6, 6.07) is 4.13. The number of amides is 1. The molecule has 2 aromatic heterocycles. The fourth-order valence-electron chi connectivity index (χ4n) is 3.65. The highest BCUT2D eigenvalue weighted by atomic mass is 32.1. The normalized spacial score (nSPS) is 20.5. The number of aromatic nitrogens is 2. The third-order valence-corrected chi connectivity index (χ3v) is 6.03. The van der Waals surface area contributed by atoms with E-state index in [4.69, 9.17) is 4.98 Å². The van der Waals surface area contributed by atoms with Crippen molar-refractivity contribution < 1.29 is 9.59 Å². The molecule has 1 aliphatic heterocycles. The summed E-state index contributed by atoms with van der Waals surface area (Å²) in [7, 11) is 0. The molecule has 0 saturated carbocycles. The van der Waals surface area contributed by atoms with Gasteiger partial charge in [0, 0.05) is 43.4 Å². The van der Waals surface area contributed by atoms with Crippen LogP contribution in [-0.2, 0) is 11.2 Å². The Morgan fingerprint density at radius 2 is 2.00 bits per heavy atom. The van der Waals surface area contributed by atoms with Crippen LogP contribution in [0.5, 0.6) is 0 Å². The summed E-state index contributed by atoms with van der Waals surface area (Å²) in [6.45, 7) is 4.70. The van der Waals surface area contributed by atoms with Gasteiger partial charge in [-0.15, -0.1) is 11.3 Å². The van der Waals surface area contributed by atoms with Gasteiger partial charge in [-0.3, -0.25) is 9.59 Å². The van der Waals surface area contributed by atoms with Gasteiger partial charge < -0.3 is 9.80 Å². The number of aryl methyl sites for hydroxylation is 1. The van der Waals surface area contributed by atoms with Crippen LogP contribution >= 0.6 is 11.3 Å². The van der Waals surface area contributed by atoms with Crippen LogP contribution in [0.1, 0.15) is 39.0 Å². The van der Waals surface area contributed by atoms with Crippen molar-refractivity contribution in [1.82, 2.24) is 14.9 Å². The summed E-state index contributed by atoms with van der Waals surface area (Å²) in [5.74, 6) is 1.05. The molecule has 0 N–H and O–H groups in total. The number of anilines is 1. The first-order valence-electron chi connectivity index (χ1n) is 8.54. The number of piperazine rings is 1. The summed E-state index contributed by atoms with van der Waals surface area (Å²) >= 11 is 1.70. The minimum Gasteiger partial charge on any atom is -0.342 e. The molecule has 4 rings (SSSR count). The maximum atomic E-state index is 12.6. The van der Waals surface area contributed by atoms with Gasteiger partial charge in [-0.1, -0.05) is 6.07 Å². The average Bonchev–Trinajstić information content (AvgIpc) is 3.16. The first-order chi connectivity index (χ1) is 12.2. The van der Waals surface area contributed by atoms with Gasteiger partial charge in [0.2, 0.25) is 12.4 Å². The molecular formula is C18H20N4O2S.